The lowest BCUT2D eigenvalue weighted by Crippen LogP contribution is -2.49. The van der Waals surface area contributed by atoms with E-state index >= 15 is 0 Å². The van der Waals surface area contributed by atoms with Crippen LogP contribution in [0.3, 0.4) is 0 Å². The summed E-state index contributed by atoms with van der Waals surface area (Å²) in [6, 6.07) is 7.60. The number of nitrogens with zero attached hydrogens (tertiary/aromatic N) is 1. The van der Waals surface area contributed by atoms with Gasteiger partial charge in [0.1, 0.15) is 6.04 Å². The molecule has 2 N–H and O–H groups in total. The molecule has 6 nitrogen and oxygen atoms in total. The molecule has 7 heteroatoms. The van der Waals surface area contributed by atoms with Crippen LogP contribution in [0.5, 0.6) is 0 Å². The number of aliphatic hydroxyl groups excluding tert-OH is 1. The van der Waals surface area contributed by atoms with Crippen molar-refractivity contribution in [2.24, 2.45) is 5.41 Å². The fourth-order valence-electron chi connectivity index (χ4n) is 4.10. The first kappa shape index (κ1) is 19.3. The lowest BCUT2D eigenvalue weighted by molar-refractivity contribution is -0.125. The molecule has 1 aromatic carbocycles. The second-order valence-corrected chi connectivity index (χ2v) is 9.41. The molecule has 144 valence electrons. The van der Waals surface area contributed by atoms with E-state index in [2.05, 4.69) is 5.32 Å². The fraction of sp³-hybridized carbons (Fsp3) is 0.632. The van der Waals surface area contributed by atoms with Gasteiger partial charge in [-0.25, -0.2) is 8.42 Å². The Kier molecular flexibility index (Phi) is 5.99. The highest BCUT2D eigenvalue weighted by Crippen LogP contribution is 2.35. The van der Waals surface area contributed by atoms with Crippen molar-refractivity contribution in [2.45, 2.75) is 55.9 Å². The van der Waals surface area contributed by atoms with Gasteiger partial charge in [-0.3, -0.25) is 4.79 Å². The average molecular weight is 381 g/mol. The Morgan fingerprint density at radius 1 is 1.15 bits per heavy atom. The summed E-state index contributed by atoms with van der Waals surface area (Å²) >= 11 is 0. The maximum atomic E-state index is 12.9. The second-order valence-electron chi connectivity index (χ2n) is 7.52. The molecule has 1 aliphatic carbocycles. The molecule has 0 radical (unpaired) electrons. The highest BCUT2D eigenvalue weighted by atomic mass is 32.2. The minimum Gasteiger partial charge on any atom is -0.396 e. The van der Waals surface area contributed by atoms with Gasteiger partial charge in [-0.1, -0.05) is 37.5 Å². The molecule has 3 rings (SSSR count). The maximum Gasteiger partial charge on any atom is 0.243 e. The SMILES string of the molecule is O=C(NCC1(CO)CCCCC1)[C@@H]1CCCN1S(=O)(=O)c1ccccc1. The van der Waals surface area contributed by atoms with Gasteiger partial charge in [0.15, 0.2) is 0 Å². The molecule has 0 bridgehead atoms. The van der Waals surface area contributed by atoms with Crippen molar-refractivity contribution >= 4 is 15.9 Å². The van der Waals surface area contributed by atoms with Gasteiger partial charge in [0.2, 0.25) is 15.9 Å². The molecule has 0 spiro atoms. The van der Waals surface area contributed by atoms with Crippen molar-refractivity contribution in [3.8, 4) is 0 Å². The van der Waals surface area contributed by atoms with Gasteiger partial charge >= 0.3 is 0 Å². The summed E-state index contributed by atoms with van der Waals surface area (Å²) in [5, 5.41) is 12.7. The van der Waals surface area contributed by atoms with E-state index in [1.807, 2.05) is 0 Å². The third-order valence-electron chi connectivity index (χ3n) is 5.74. The van der Waals surface area contributed by atoms with E-state index in [0.717, 1.165) is 25.7 Å². The molecule has 1 heterocycles. The Bertz CT molecular complexity index is 714. The van der Waals surface area contributed by atoms with Gasteiger partial charge in [0.25, 0.3) is 0 Å². The standard InChI is InChI=1S/C19H28N2O4S/c22-15-19(11-5-2-6-12-19)14-20-18(23)17-10-7-13-21(17)26(24,25)16-8-3-1-4-9-16/h1,3-4,8-9,17,22H,2,5-7,10-15H2,(H,20,23)/t17-/m0/s1. The molecule has 1 saturated carbocycles. The lowest BCUT2D eigenvalue weighted by atomic mass is 9.74. The molecular weight excluding hydrogens is 352 g/mol. The third-order valence-corrected chi connectivity index (χ3v) is 7.67. The molecule has 1 saturated heterocycles. The van der Waals surface area contributed by atoms with Gasteiger partial charge in [0, 0.05) is 18.5 Å². The monoisotopic (exact) mass is 380 g/mol. The number of benzene rings is 1. The van der Waals surface area contributed by atoms with Gasteiger partial charge in [-0.15, -0.1) is 0 Å². The fourth-order valence-corrected chi connectivity index (χ4v) is 5.78. The molecule has 26 heavy (non-hydrogen) atoms. The number of carbonyl (C=O) groups is 1. The van der Waals surface area contributed by atoms with Crippen LogP contribution in [0.4, 0.5) is 0 Å². The van der Waals surface area contributed by atoms with Crippen LogP contribution in [0.1, 0.15) is 44.9 Å². The number of amides is 1. The van der Waals surface area contributed by atoms with E-state index < -0.39 is 16.1 Å². The Balaban J connectivity index is 1.69. The van der Waals surface area contributed by atoms with E-state index in [9.17, 15) is 18.3 Å². The van der Waals surface area contributed by atoms with Crippen molar-refractivity contribution in [3.05, 3.63) is 30.3 Å². The molecule has 1 atom stereocenters. The Morgan fingerprint density at radius 3 is 2.50 bits per heavy atom. The molecule has 0 aromatic heterocycles. The largest absolute Gasteiger partial charge is 0.396 e. The lowest BCUT2D eigenvalue weighted by Gasteiger charge is -2.36. The highest BCUT2D eigenvalue weighted by molar-refractivity contribution is 7.89. The summed E-state index contributed by atoms with van der Waals surface area (Å²) in [6.45, 7) is 0.836. The van der Waals surface area contributed by atoms with Crippen molar-refractivity contribution in [3.63, 3.8) is 0 Å². The van der Waals surface area contributed by atoms with Crippen molar-refractivity contribution in [1.82, 2.24) is 9.62 Å². The average Bonchev–Trinajstić information content (AvgIpc) is 3.18. The molecule has 1 aliphatic heterocycles. The number of sulfonamides is 1. The van der Waals surface area contributed by atoms with E-state index in [4.69, 9.17) is 0 Å². The Labute approximate surface area is 155 Å². The van der Waals surface area contributed by atoms with Gasteiger partial charge < -0.3 is 10.4 Å². The van der Waals surface area contributed by atoms with Gasteiger partial charge in [-0.05, 0) is 37.8 Å². The maximum absolute atomic E-state index is 12.9. The predicted molar refractivity (Wildman–Crippen MR) is 99.0 cm³/mol. The Morgan fingerprint density at radius 2 is 1.85 bits per heavy atom. The van der Waals surface area contributed by atoms with Crippen LogP contribution in [0.2, 0.25) is 0 Å². The minimum atomic E-state index is -3.67. The molecule has 0 unspecified atom stereocenters. The summed E-state index contributed by atoms with van der Waals surface area (Å²) in [5.41, 5.74) is -0.254. The predicted octanol–water partition coefficient (Wildman–Crippen LogP) is 1.90. The van der Waals surface area contributed by atoms with Gasteiger partial charge in [-0.2, -0.15) is 4.31 Å². The first-order valence-electron chi connectivity index (χ1n) is 9.44. The minimum absolute atomic E-state index is 0.0595. The highest BCUT2D eigenvalue weighted by Gasteiger charge is 2.40. The number of hydrogen-bond acceptors (Lipinski definition) is 4. The first-order chi connectivity index (χ1) is 12.5. The van der Waals surface area contributed by atoms with Crippen LogP contribution >= 0.6 is 0 Å². The molecule has 1 aromatic rings. The number of nitrogens with one attached hydrogen (secondary N) is 1. The summed E-state index contributed by atoms with van der Waals surface area (Å²) in [6.07, 6.45) is 6.31. The van der Waals surface area contributed by atoms with E-state index in [1.165, 1.54) is 10.7 Å². The van der Waals surface area contributed by atoms with E-state index in [1.54, 1.807) is 30.3 Å². The zero-order chi connectivity index (χ0) is 18.6. The molecule has 2 aliphatic rings. The molecular formula is C19H28N2O4S. The smallest absolute Gasteiger partial charge is 0.243 e. The summed E-state index contributed by atoms with van der Waals surface area (Å²) in [4.78, 5) is 13.0. The second kappa shape index (κ2) is 8.06. The number of carbonyl (C=O) groups excluding carboxylic acids is 1. The quantitative estimate of drug-likeness (QED) is 0.789. The topological polar surface area (TPSA) is 86.7 Å². The zero-order valence-corrected chi connectivity index (χ0v) is 15.9. The third kappa shape index (κ3) is 3.94. The number of rotatable bonds is 6. The van der Waals surface area contributed by atoms with E-state index in [0.29, 0.717) is 25.9 Å². The summed E-state index contributed by atoms with van der Waals surface area (Å²) in [5.74, 6) is -0.250. The summed E-state index contributed by atoms with van der Waals surface area (Å²) in [7, 11) is -3.67. The zero-order valence-electron chi connectivity index (χ0n) is 15.1. The first-order valence-corrected chi connectivity index (χ1v) is 10.9. The number of aliphatic hydroxyl groups is 1. The van der Waals surface area contributed by atoms with Crippen LogP contribution in [-0.2, 0) is 14.8 Å². The van der Waals surface area contributed by atoms with Crippen molar-refractivity contribution in [2.75, 3.05) is 19.7 Å². The summed E-state index contributed by atoms with van der Waals surface area (Å²) < 4.78 is 27.1. The molecule has 2 fully saturated rings. The van der Waals surface area contributed by atoms with Gasteiger partial charge in [0.05, 0.1) is 11.5 Å². The van der Waals surface area contributed by atoms with Crippen molar-refractivity contribution < 1.29 is 18.3 Å². The van der Waals surface area contributed by atoms with Crippen LogP contribution < -0.4 is 5.32 Å². The normalized spacial score (nSPS) is 23.7. The number of hydrogen-bond donors (Lipinski definition) is 2. The van der Waals surface area contributed by atoms with Crippen molar-refractivity contribution in [1.29, 1.82) is 0 Å². The van der Waals surface area contributed by atoms with Crippen LogP contribution in [0, 0.1) is 5.41 Å². The van der Waals surface area contributed by atoms with Crippen LogP contribution in [0.15, 0.2) is 35.2 Å². The van der Waals surface area contributed by atoms with E-state index in [-0.39, 0.29) is 22.8 Å². The Hall–Kier alpha value is -1.44. The van der Waals surface area contributed by atoms with Crippen LogP contribution in [0.25, 0.3) is 0 Å². The molecule has 1 amide bonds. The van der Waals surface area contributed by atoms with Crippen LogP contribution in [-0.4, -0.2) is 49.5 Å².